The van der Waals surface area contributed by atoms with E-state index in [1.54, 1.807) is 12.3 Å². The summed E-state index contributed by atoms with van der Waals surface area (Å²) in [6.07, 6.45) is 2.52. The molecule has 1 N–H and O–H groups in total. The number of nitrogens with one attached hydrogen (secondary N) is 1. The van der Waals surface area contributed by atoms with Crippen molar-refractivity contribution >= 4 is 11.9 Å². The van der Waals surface area contributed by atoms with Crippen LogP contribution in [0.4, 0.5) is 5.95 Å². The number of hydrogen-bond donors (Lipinski definition) is 0. The molecule has 0 unspecified atom stereocenters. The first-order valence-corrected chi connectivity index (χ1v) is 8.52. The van der Waals surface area contributed by atoms with E-state index in [1.807, 2.05) is 60.4 Å². The highest BCUT2D eigenvalue weighted by atomic mass is 16.1. The van der Waals surface area contributed by atoms with Gasteiger partial charge in [-0.05, 0) is 25.1 Å². The molecule has 0 saturated heterocycles. The highest BCUT2D eigenvalue weighted by Gasteiger charge is 2.15. The molecule has 6 heteroatoms. The molecule has 0 aliphatic carbocycles. The third kappa shape index (κ3) is 4.22. The van der Waals surface area contributed by atoms with Gasteiger partial charge in [0.2, 0.25) is 5.95 Å². The highest BCUT2D eigenvalue weighted by molar-refractivity contribution is 5.91. The lowest BCUT2D eigenvalue weighted by atomic mass is 10.1. The summed E-state index contributed by atoms with van der Waals surface area (Å²) in [5.41, 5.74) is 10.1. The van der Waals surface area contributed by atoms with Gasteiger partial charge < -0.3 is 4.90 Å². The normalized spacial score (nSPS) is 10.5. The van der Waals surface area contributed by atoms with E-state index in [0.29, 0.717) is 24.7 Å². The van der Waals surface area contributed by atoms with Crippen LogP contribution in [0.25, 0.3) is 11.3 Å². The van der Waals surface area contributed by atoms with E-state index in [-0.39, 0.29) is 5.69 Å². The lowest BCUT2D eigenvalue weighted by Crippen LogP contribution is -2.28. The van der Waals surface area contributed by atoms with Crippen LogP contribution >= 0.6 is 0 Å². The van der Waals surface area contributed by atoms with Crippen molar-refractivity contribution in [1.82, 2.24) is 20.7 Å². The van der Waals surface area contributed by atoms with Gasteiger partial charge in [0.25, 0.3) is 5.91 Å². The number of pyridine rings is 1. The molecule has 3 aromatic rings. The van der Waals surface area contributed by atoms with Crippen LogP contribution < -0.4 is 10.6 Å². The second-order valence-corrected chi connectivity index (χ2v) is 5.78. The summed E-state index contributed by atoms with van der Waals surface area (Å²) in [5, 5.41) is 0. The Hall–Kier alpha value is -3.28. The quantitative estimate of drug-likeness (QED) is 0.657. The number of anilines is 1. The lowest BCUT2D eigenvalue weighted by Gasteiger charge is -2.21. The number of carbonyl (C=O) groups excluding carboxylic acids is 1. The fraction of sp³-hybridized carbons (Fsp3) is 0.200. The van der Waals surface area contributed by atoms with E-state index in [1.165, 1.54) is 0 Å². The molecule has 26 heavy (non-hydrogen) atoms. The monoisotopic (exact) mass is 346 g/mol. The third-order valence-corrected chi connectivity index (χ3v) is 4.05. The maximum atomic E-state index is 11.6. The van der Waals surface area contributed by atoms with Gasteiger partial charge in [0.15, 0.2) is 0 Å². The third-order valence-electron chi connectivity index (χ3n) is 4.05. The fourth-order valence-corrected chi connectivity index (χ4v) is 2.64. The molecule has 3 rings (SSSR count). The number of benzene rings is 1. The number of rotatable bonds is 7. The maximum Gasteiger partial charge on any atom is 0.288 e. The number of hydrogen-bond acceptors (Lipinski definition) is 5. The van der Waals surface area contributed by atoms with Crippen LogP contribution in [-0.4, -0.2) is 33.9 Å². The Bertz CT molecular complexity index is 868. The van der Waals surface area contributed by atoms with Crippen molar-refractivity contribution in [1.29, 1.82) is 0 Å². The average molecular weight is 346 g/mol. The summed E-state index contributed by atoms with van der Waals surface area (Å²) in [7, 11) is 0. The molecular formula is C20H20N5O. The first-order valence-electron chi connectivity index (χ1n) is 8.52. The Kier molecular flexibility index (Phi) is 5.53. The van der Waals surface area contributed by atoms with Crippen LogP contribution in [0.15, 0.2) is 60.8 Å². The van der Waals surface area contributed by atoms with Crippen LogP contribution in [0.5, 0.6) is 0 Å². The van der Waals surface area contributed by atoms with Crippen molar-refractivity contribution in [2.24, 2.45) is 0 Å². The summed E-state index contributed by atoms with van der Waals surface area (Å²) in [5.74, 6) is -0.355. The van der Waals surface area contributed by atoms with E-state index in [4.69, 9.17) is 5.73 Å². The van der Waals surface area contributed by atoms with Crippen LogP contribution in [0.1, 0.15) is 23.1 Å². The molecule has 0 saturated carbocycles. The number of amides is 1. The van der Waals surface area contributed by atoms with Gasteiger partial charge >= 0.3 is 0 Å². The molecule has 2 aromatic heterocycles. The highest BCUT2D eigenvalue weighted by Crippen LogP contribution is 2.21. The Labute approximate surface area is 152 Å². The van der Waals surface area contributed by atoms with Crippen molar-refractivity contribution in [2.45, 2.75) is 13.3 Å². The molecule has 1 amide bonds. The second-order valence-electron chi connectivity index (χ2n) is 5.78. The molecule has 2 heterocycles. The lowest BCUT2D eigenvalue weighted by molar-refractivity contribution is 0.0987. The molecule has 0 atom stereocenters. The van der Waals surface area contributed by atoms with Crippen molar-refractivity contribution in [3.63, 3.8) is 0 Å². The Morgan fingerprint density at radius 3 is 2.50 bits per heavy atom. The summed E-state index contributed by atoms with van der Waals surface area (Å²) >= 11 is 0. The first-order chi connectivity index (χ1) is 12.7. The fourth-order valence-electron chi connectivity index (χ4n) is 2.64. The molecule has 6 nitrogen and oxygen atoms in total. The molecule has 0 spiro atoms. The van der Waals surface area contributed by atoms with E-state index in [2.05, 4.69) is 15.0 Å². The summed E-state index contributed by atoms with van der Waals surface area (Å²) in [6, 6.07) is 17.0. The van der Waals surface area contributed by atoms with Crippen LogP contribution in [-0.2, 0) is 6.42 Å². The van der Waals surface area contributed by atoms with Gasteiger partial charge in [-0.25, -0.2) is 9.97 Å². The molecular weight excluding hydrogens is 326 g/mol. The summed E-state index contributed by atoms with van der Waals surface area (Å²) in [6.45, 7) is 3.38. The van der Waals surface area contributed by atoms with Gasteiger partial charge in [0.1, 0.15) is 5.69 Å². The molecule has 0 bridgehead atoms. The molecule has 1 aromatic carbocycles. The minimum atomic E-state index is -0.813. The van der Waals surface area contributed by atoms with Gasteiger partial charge in [-0.1, -0.05) is 36.4 Å². The number of nitrogens with zero attached hydrogens (tertiary/aromatic N) is 4. The average Bonchev–Trinajstić information content (AvgIpc) is 2.69. The summed E-state index contributed by atoms with van der Waals surface area (Å²) < 4.78 is 0. The molecule has 0 fully saturated rings. The van der Waals surface area contributed by atoms with E-state index in [0.717, 1.165) is 17.7 Å². The molecule has 0 aliphatic rings. The van der Waals surface area contributed by atoms with Crippen molar-refractivity contribution in [3.05, 3.63) is 72.2 Å². The van der Waals surface area contributed by atoms with Gasteiger partial charge in [-0.2, -0.15) is 0 Å². The zero-order valence-corrected chi connectivity index (χ0v) is 14.6. The van der Waals surface area contributed by atoms with E-state index >= 15 is 0 Å². The van der Waals surface area contributed by atoms with Crippen molar-refractivity contribution in [2.75, 3.05) is 18.0 Å². The van der Waals surface area contributed by atoms with Crippen LogP contribution in [0, 0.1) is 0 Å². The van der Waals surface area contributed by atoms with Gasteiger partial charge in [0.05, 0.1) is 5.69 Å². The number of aromatic nitrogens is 3. The molecule has 0 aliphatic heterocycles. The zero-order valence-electron chi connectivity index (χ0n) is 14.6. The predicted octanol–water partition coefficient (Wildman–Crippen LogP) is 3.03. The second kappa shape index (κ2) is 8.20. The largest absolute Gasteiger partial charge is 0.341 e. The standard InChI is InChI=1S/C20H20N5O/c1-2-25(13-11-16-10-6-7-12-22-16)20-23-17(14-18(24-20)19(21)26)15-8-4-3-5-9-15/h3-10,12,14,21H,2,11,13H2,1H3. The Balaban J connectivity index is 1.91. The predicted molar refractivity (Wildman–Crippen MR) is 101 cm³/mol. The SMILES string of the molecule is CCN(CCc1ccccn1)c1nc(C([NH])=O)cc(-c2ccccc2)n1. The van der Waals surface area contributed by atoms with E-state index < -0.39 is 5.91 Å². The maximum absolute atomic E-state index is 11.6. The van der Waals surface area contributed by atoms with Crippen LogP contribution in [0.2, 0.25) is 0 Å². The van der Waals surface area contributed by atoms with Crippen molar-refractivity contribution < 1.29 is 4.79 Å². The Morgan fingerprint density at radius 2 is 1.85 bits per heavy atom. The topological polar surface area (TPSA) is 82.8 Å². The zero-order chi connectivity index (χ0) is 18.4. The Morgan fingerprint density at radius 1 is 1.08 bits per heavy atom. The summed E-state index contributed by atoms with van der Waals surface area (Å²) in [4.78, 5) is 26.9. The smallest absolute Gasteiger partial charge is 0.288 e. The van der Waals surface area contributed by atoms with Crippen molar-refractivity contribution in [3.8, 4) is 11.3 Å². The minimum absolute atomic E-state index is 0.102. The molecule has 131 valence electrons. The van der Waals surface area contributed by atoms with Gasteiger partial charge in [0, 0.05) is 37.0 Å². The number of likely N-dealkylation sites (N-methyl/N-ethyl adjacent to an activating group) is 1. The van der Waals surface area contributed by atoms with E-state index in [9.17, 15) is 4.79 Å². The van der Waals surface area contributed by atoms with Gasteiger partial charge in [-0.15, -0.1) is 0 Å². The number of carbonyl (C=O) groups is 1. The minimum Gasteiger partial charge on any atom is -0.341 e. The molecule has 1 radical (unpaired) electrons. The first kappa shape index (κ1) is 17.5. The van der Waals surface area contributed by atoms with Gasteiger partial charge in [-0.3, -0.25) is 15.5 Å². The van der Waals surface area contributed by atoms with Crippen LogP contribution in [0.3, 0.4) is 0 Å².